The van der Waals surface area contributed by atoms with E-state index in [9.17, 15) is 9.50 Å². The molecule has 2 aromatic heterocycles. The van der Waals surface area contributed by atoms with E-state index in [1.165, 1.54) is 18.5 Å². The second-order valence-electron chi connectivity index (χ2n) is 2.81. The molecule has 72 valence electrons. The molecule has 2 heterocycles. The third kappa shape index (κ3) is 1.62. The van der Waals surface area contributed by atoms with Crippen molar-refractivity contribution in [3.8, 4) is 0 Å². The first-order valence-electron chi connectivity index (χ1n) is 4.05. The molecule has 1 unspecified atom stereocenters. The Morgan fingerprint density at radius 2 is 2.29 bits per heavy atom. The van der Waals surface area contributed by atoms with Gasteiger partial charge in [0, 0.05) is 24.2 Å². The van der Waals surface area contributed by atoms with Crippen LogP contribution in [-0.4, -0.2) is 20.1 Å². The molecular formula is C9H8FN3O. The van der Waals surface area contributed by atoms with Crippen LogP contribution < -0.4 is 0 Å². The van der Waals surface area contributed by atoms with Gasteiger partial charge < -0.3 is 10.1 Å². The van der Waals surface area contributed by atoms with Crippen LogP contribution in [0.5, 0.6) is 0 Å². The number of hydrogen-bond donors (Lipinski definition) is 2. The fourth-order valence-electron chi connectivity index (χ4n) is 1.16. The van der Waals surface area contributed by atoms with Crippen molar-refractivity contribution < 1.29 is 9.50 Å². The highest BCUT2D eigenvalue weighted by atomic mass is 19.1. The number of halogens is 1. The van der Waals surface area contributed by atoms with Crippen LogP contribution >= 0.6 is 0 Å². The Hall–Kier alpha value is -1.75. The van der Waals surface area contributed by atoms with Crippen molar-refractivity contribution >= 4 is 0 Å². The van der Waals surface area contributed by atoms with E-state index in [0.29, 0.717) is 11.4 Å². The van der Waals surface area contributed by atoms with Gasteiger partial charge in [-0.2, -0.15) is 0 Å². The SMILES string of the molecule is OC(c1cncc(F)c1)c1ncc[nH]1. The molecule has 0 spiro atoms. The highest BCUT2D eigenvalue weighted by molar-refractivity contribution is 5.19. The molecule has 5 heteroatoms. The third-order valence-corrected chi connectivity index (χ3v) is 1.82. The molecule has 0 saturated carbocycles. The Morgan fingerprint density at radius 3 is 2.93 bits per heavy atom. The maximum atomic E-state index is 12.8. The summed E-state index contributed by atoms with van der Waals surface area (Å²) >= 11 is 0. The van der Waals surface area contributed by atoms with E-state index in [1.807, 2.05) is 0 Å². The second kappa shape index (κ2) is 3.55. The van der Waals surface area contributed by atoms with Gasteiger partial charge in [0.05, 0.1) is 6.20 Å². The third-order valence-electron chi connectivity index (χ3n) is 1.82. The van der Waals surface area contributed by atoms with E-state index in [4.69, 9.17) is 0 Å². The minimum atomic E-state index is -0.965. The average molecular weight is 193 g/mol. The van der Waals surface area contributed by atoms with E-state index >= 15 is 0 Å². The van der Waals surface area contributed by atoms with E-state index < -0.39 is 11.9 Å². The predicted molar refractivity (Wildman–Crippen MR) is 46.8 cm³/mol. The standard InChI is InChI=1S/C9H8FN3O/c10-7-3-6(4-11-5-7)8(14)9-12-1-2-13-9/h1-5,8,14H,(H,12,13). The molecule has 2 N–H and O–H groups in total. The summed E-state index contributed by atoms with van der Waals surface area (Å²) in [7, 11) is 0. The maximum Gasteiger partial charge on any atom is 0.141 e. The second-order valence-corrected chi connectivity index (χ2v) is 2.81. The summed E-state index contributed by atoms with van der Waals surface area (Å²) in [6, 6.07) is 1.22. The number of aromatic amines is 1. The summed E-state index contributed by atoms with van der Waals surface area (Å²) < 4.78 is 12.8. The smallest absolute Gasteiger partial charge is 0.141 e. The van der Waals surface area contributed by atoms with Gasteiger partial charge in [0.1, 0.15) is 17.7 Å². The molecule has 0 saturated heterocycles. The molecule has 2 aromatic rings. The number of rotatable bonds is 2. The Labute approximate surface area is 79.5 Å². The molecule has 0 aromatic carbocycles. The largest absolute Gasteiger partial charge is 0.380 e. The number of imidazole rings is 1. The lowest BCUT2D eigenvalue weighted by molar-refractivity contribution is 0.210. The quantitative estimate of drug-likeness (QED) is 0.748. The van der Waals surface area contributed by atoms with Gasteiger partial charge in [-0.3, -0.25) is 4.98 Å². The summed E-state index contributed by atoms with van der Waals surface area (Å²) in [6.45, 7) is 0. The van der Waals surface area contributed by atoms with Gasteiger partial charge in [-0.15, -0.1) is 0 Å². The van der Waals surface area contributed by atoms with Crippen molar-refractivity contribution in [1.82, 2.24) is 15.0 Å². The minimum absolute atomic E-state index is 0.373. The summed E-state index contributed by atoms with van der Waals surface area (Å²) in [6.07, 6.45) is 4.62. The normalized spacial score (nSPS) is 12.7. The van der Waals surface area contributed by atoms with E-state index in [2.05, 4.69) is 15.0 Å². The fraction of sp³-hybridized carbons (Fsp3) is 0.111. The molecule has 2 rings (SSSR count). The first kappa shape index (κ1) is 8.83. The van der Waals surface area contributed by atoms with Crippen molar-refractivity contribution in [3.05, 3.63) is 48.1 Å². The Morgan fingerprint density at radius 1 is 1.43 bits per heavy atom. The lowest BCUT2D eigenvalue weighted by Crippen LogP contribution is -2.02. The van der Waals surface area contributed by atoms with Gasteiger partial charge in [0.25, 0.3) is 0 Å². The van der Waals surface area contributed by atoms with Gasteiger partial charge in [-0.1, -0.05) is 0 Å². The number of H-pyrrole nitrogens is 1. The van der Waals surface area contributed by atoms with Crippen LogP contribution in [0, 0.1) is 5.82 Å². The monoisotopic (exact) mass is 193 g/mol. The van der Waals surface area contributed by atoms with Crippen molar-refractivity contribution in [2.24, 2.45) is 0 Å². The van der Waals surface area contributed by atoms with Crippen molar-refractivity contribution in [2.75, 3.05) is 0 Å². The van der Waals surface area contributed by atoms with Crippen molar-refractivity contribution in [3.63, 3.8) is 0 Å². The number of pyridine rings is 1. The van der Waals surface area contributed by atoms with E-state index in [0.717, 1.165) is 6.20 Å². The zero-order valence-corrected chi connectivity index (χ0v) is 7.18. The highest BCUT2D eigenvalue weighted by Crippen LogP contribution is 2.17. The van der Waals surface area contributed by atoms with Crippen LogP contribution in [0.15, 0.2) is 30.9 Å². The van der Waals surface area contributed by atoms with Crippen molar-refractivity contribution in [1.29, 1.82) is 0 Å². The molecule has 0 bridgehead atoms. The lowest BCUT2D eigenvalue weighted by Gasteiger charge is -2.06. The topological polar surface area (TPSA) is 61.8 Å². The summed E-state index contributed by atoms with van der Waals surface area (Å²) in [5, 5.41) is 9.70. The zero-order chi connectivity index (χ0) is 9.97. The number of nitrogens with one attached hydrogen (secondary N) is 1. The van der Waals surface area contributed by atoms with Gasteiger partial charge in [0.15, 0.2) is 0 Å². The van der Waals surface area contributed by atoms with Gasteiger partial charge in [-0.05, 0) is 6.07 Å². The summed E-state index contributed by atoms with van der Waals surface area (Å²) in [5.41, 5.74) is 0.375. The Kier molecular flexibility index (Phi) is 2.24. The molecule has 0 fully saturated rings. The number of nitrogens with zero attached hydrogens (tertiary/aromatic N) is 2. The molecule has 0 aliphatic rings. The molecular weight excluding hydrogens is 185 g/mol. The molecule has 0 radical (unpaired) electrons. The van der Waals surface area contributed by atoms with Crippen LogP contribution in [-0.2, 0) is 0 Å². The van der Waals surface area contributed by atoms with E-state index in [1.54, 1.807) is 6.20 Å². The van der Waals surface area contributed by atoms with Crippen LogP contribution in [0.1, 0.15) is 17.5 Å². The molecule has 14 heavy (non-hydrogen) atoms. The molecule has 1 atom stereocenters. The average Bonchev–Trinajstić information content (AvgIpc) is 2.69. The number of aliphatic hydroxyl groups is 1. The van der Waals surface area contributed by atoms with Gasteiger partial charge >= 0.3 is 0 Å². The zero-order valence-electron chi connectivity index (χ0n) is 7.18. The Balaban J connectivity index is 2.32. The minimum Gasteiger partial charge on any atom is -0.380 e. The first-order valence-corrected chi connectivity index (χ1v) is 4.05. The van der Waals surface area contributed by atoms with Crippen LogP contribution in [0.2, 0.25) is 0 Å². The molecule has 0 aliphatic heterocycles. The van der Waals surface area contributed by atoms with E-state index in [-0.39, 0.29) is 0 Å². The van der Waals surface area contributed by atoms with Crippen LogP contribution in [0.3, 0.4) is 0 Å². The van der Waals surface area contributed by atoms with Gasteiger partial charge in [0.2, 0.25) is 0 Å². The van der Waals surface area contributed by atoms with Gasteiger partial charge in [-0.25, -0.2) is 9.37 Å². The number of aliphatic hydroxyl groups excluding tert-OH is 1. The van der Waals surface area contributed by atoms with Crippen LogP contribution in [0.4, 0.5) is 4.39 Å². The predicted octanol–water partition coefficient (Wildman–Crippen LogP) is 1.03. The summed E-state index contributed by atoms with van der Waals surface area (Å²) in [5.74, 6) is -0.106. The van der Waals surface area contributed by atoms with Crippen LogP contribution in [0.25, 0.3) is 0 Å². The molecule has 0 amide bonds. The lowest BCUT2D eigenvalue weighted by atomic mass is 10.1. The van der Waals surface area contributed by atoms with Crippen molar-refractivity contribution in [2.45, 2.75) is 6.10 Å². The fourth-order valence-corrected chi connectivity index (χ4v) is 1.16. The maximum absolute atomic E-state index is 12.8. The summed E-state index contributed by atoms with van der Waals surface area (Å²) in [4.78, 5) is 10.2. The molecule has 4 nitrogen and oxygen atoms in total. The Bertz CT molecular complexity index is 416. The highest BCUT2D eigenvalue weighted by Gasteiger charge is 2.13. The molecule has 0 aliphatic carbocycles. The number of aromatic nitrogens is 3. The first-order chi connectivity index (χ1) is 6.77. The number of hydrogen-bond acceptors (Lipinski definition) is 3.